The van der Waals surface area contributed by atoms with E-state index in [2.05, 4.69) is 5.32 Å². The Balaban J connectivity index is 1.39. The van der Waals surface area contributed by atoms with Crippen LogP contribution in [-0.2, 0) is 10.8 Å². The number of hydrogen-bond donors (Lipinski definition) is 1. The van der Waals surface area contributed by atoms with E-state index >= 15 is 0 Å². The first-order valence-electron chi connectivity index (χ1n) is 10.5. The molecule has 4 saturated carbocycles. The van der Waals surface area contributed by atoms with Gasteiger partial charge in [-0.3, -0.25) is 9.00 Å². The van der Waals surface area contributed by atoms with Crippen molar-refractivity contribution in [2.45, 2.75) is 42.2 Å². The van der Waals surface area contributed by atoms with E-state index in [1.165, 1.54) is 24.6 Å². The van der Waals surface area contributed by atoms with E-state index in [0.717, 1.165) is 37.5 Å². The molecule has 4 fully saturated rings. The zero-order valence-electron chi connectivity index (χ0n) is 16.5. The number of amides is 1. The summed E-state index contributed by atoms with van der Waals surface area (Å²) in [5.74, 6) is -2.68. The molecule has 0 radical (unpaired) electrons. The molecule has 1 unspecified atom stereocenters. The Morgan fingerprint density at radius 1 is 0.935 bits per heavy atom. The molecule has 4 aliphatic carbocycles. The molecule has 0 aromatic heterocycles. The Labute approximate surface area is 185 Å². The molecule has 1 amide bonds. The van der Waals surface area contributed by atoms with Crippen molar-refractivity contribution < 1.29 is 22.2 Å². The smallest absolute Gasteiger partial charge is 0.255 e. The molecule has 1 N–H and O–H groups in total. The number of halogens is 4. The monoisotopic (exact) mass is 467 g/mol. The maximum atomic E-state index is 13.6. The first-order chi connectivity index (χ1) is 14.8. The van der Waals surface area contributed by atoms with Crippen molar-refractivity contribution >= 4 is 34.0 Å². The van der Waals surface area contributed by atoms with E-state index in [-0.39, 0.29) is 16.5 Å². The van der Waals surface area contributed by atoms with Gasteiger partial charge in [0.1, 0.15) is 0 Å². The number of benzene rings is 2. The minimum absolute atomic E-state index is 0.0453. The first-order valence-corrected chi connectivity index (χ1v) is 12.0. The van der Waals surface area contributed by atoms with E-state index in [9.17, 15) is 22.2 Å². The third-order valence-electron chi connectivity index (χ3n) is 7.04. The van der Waals surface area contributed by atoms with Crippen LogP contribution in [0.15, 0.2) is 35.2 Å². The van der Waals surface area contributed by atoms with Crippen LogP contribution in [0.1, 0.15) is 42.5 Å². The highest BCUT2D eigenvalue weighted by Gasteiger charge is 2.50. The lowest BCUT2D eigenvalue weighted by Crippen LogP contribution is -2.50. The molecule has 4 bridgehead atoms. The second-order valence-corrected chi connectivity index (χ2v) is 11.0. The van der Waals surface area contributed by atoms with Crippen molar-refractivity contribution in [2.24, 2.45) is 23.7 Å². The highest BCUT2D eigenvalue weighted by molar-refractivity contribution is 7.85. The Morgan fingerprint density at radius 3 is 2.10 bits per heavy atom. The summed E-state index contributed by atoms with van der Waals surface area (Å²) >= 11 is 6.36. The van der Waals surface area contributed by atoms with E-state index in [4.69, 9.17) is 11.6 Å². The maximum absolute atomic E-state index is 13.6. The van der Waals surface area contributed by atoms with E-state index in [1.807, 2.05) is 0 Å². The Hall–Kier alpha value is -1.86. The summed E-state index contributed by atoms with van der Waals surface area (Å²) in [5.41, 5.74) is -0.0400. The quantitative estimate of drug-likeness (QED) is 0.565. The van der Waals surface area contributed by atoms with Crippen molar-refractivity contribution in [3.63, 3.8) is 0 Å². The summed E-state index contributed by atoms with van der Waals surface area (Å²) in [5, 5.41) is 2.74. The van der Waals surface area contributed by atoms with Gasteiger partial charge >= 0.3 is 0 Å². The third-order valence-corrected chi connectivity index (χ3v) is 9.52. The predicted molar refractivity (Wildman–Crippen MR) is 113 cm³/mol. The maximum Gasteiger partial charge on any atom is 0.255 e. The number of carbonyl (C=O) groups is 1. The SMILES string of the molecule is O=C(Nc1cc(F)c(F)c(F)c1)c1ccc(Cl)c(S(=O)C2C3CC4CC(C3)CC2C4)c1. The lowest BCUT2D eigenvalue weighted by atomic mass is 9.56. The first kappa shape index (κ1) is 21.0. The molecule has 3 nitrogen and oxygen atoms in total. The molecule has 1 atom stereocenters. The lowest BCUT2D eigenvalue weighted by molar-refractivity contribution is 0.0252. The van der Waals surface area contributed by atoms with Crippen LogP contribution in [0, 0.1) is 41.1 Å². The molecule has 31 heavy (non-hydrogen) atoms. The number of rotatable bonds is 4. The number of nitrogens with one attached hydrogen (secondary N) is 1. The zero-order valence-corrected chi connectivity index (χ0v) is 18.1. The van der Waals surface area contributed by atoms with Crippen LogP contribution in [0.5, 0.6) is 0 Å². The van der Waals surface area contributed by atoms with Gasteiger partial charge in [0.15, 0.2) is 17.5 Å². The van der Waals surface area contributed by atoms with Gasteiger partial charge in [-0.25, -0.2) is 13.2 Å². The molecule has 0 heterocycles. The van der Waals surface area contributed by atoms with Gasteiger partial charge in [0.2, 0.25) is 0 Å². The van der Waals surface area contributed by atoms with Crippen LogP contribution in [0.4, 0.5) is 18.9 Å². The summed E-state index contributed by atoms with van der Waals surface area (Å²) in [7, 11) is -1.35. The van der Waals surface area contributed by atoms with Crippen LogP contribution in [0.3, 0.4) is 0 Å². The van der Waals surface area contributed by atoms with E-state index < -0.39 is 34.2 Å². The van der Waals surface area contributed by atoms with Crippen LogP contribution >= 0.6 is 11.6 Å². The average Bonchev–Trinajstić information content (AvgIpc) is 2.71. The van der Waals surface area contributed by atoms with Gasteiger partial charge < -0.3 is 5.32 Å². The fraction of sp³-hybridized carbons (Fsp3) is 0.435. The van der Waals surface area contributed by atoms with Crippen LogP contribution in [-0.4, -0.2) is 15.4 Å². The fourth-order valence-electron chi connectivity index (χ4n) is 6.00. The van der Waals surface area contributed by atoms with Gasteiger partial charge in [-0.2, -0.15) is 0 Å². The Bertz CT molecular complexity index is 1040. The largest absolute Gasteiger partial charge is 0.322 e. The van der Waals surface area contributed by atoms with Gasteiger partial charge in [-0.1, -0.05) is 11.6 Å². The highest BCUT2D eigenvalue weighted by atomic mass is 35.5. The Morgan fingerprint density at radius 2 is 1.52 bits per heavy atom. The van der Waals surface area contributed by atoms with Crippen molar-refractivity contribution in [2.75, 3.05) is 5.32 Å². The summed E-state index contributed by atoms with van der Waals surface area (Å²) in [4.78, 5) is 13.1. The highest BCUT2D eigenvalue weighted by Crippen LogP contribution is 2.56. The van der Waals surface area contributed by atoms with Crippen molar-refractivity contribution in [1.29, 1.82) is 0 Å². The Kier molecular flexibility index (Phi) is 5.37. The molecular weight excluding hydrogens is 447 g/mol. The van der Waals surface area contributed by atoms with Crippen molar-refractivity contribution in [1.82, 2.24) is 0 Å². The molecule has 6 rings (SSSR count). The fourth-order valence-corrected chi connectivity index (χ4v) is 8.29. The second kappa shape index (κ2) is 7.93. The summed E-state index contributed by atoms with van der Waals surface area (Å²) in [6.45, 7) is 0. The number of hydrogen-bond acceptors (Lipinski definition) is 2. The second-order valence-electron chi connectivity index (χ2n) is 9.05. The minimum atomic E-state index is -1.60. The minimum Gasteiger partial charge on any atom is -0.322 e. The third kappa shape index (κ3) is 3.80. The van der Waals surface area contributed by atoms with Gasteiger partial charge in [0.25, 0.3) is 5.91 Å². The molecule has 0 spiro atoms. The molecular formula is C23H21ClF3NO2S. The molecule has 8 heteroatoms. The summed E-state index contributed by atoms with van der Waals surface area (Å²) in [6, 6.07) is 5.89. The lowest BCUT2D eigenvalue weighted by Gasteiger charge is -2.53. The van der Waals surface area contributed by atoms with E-state index in [0.29, 0.717) is 33.9 Å². The van der Waals surface area contributed by atoms with Gasteiger partial charge in [0, 0.05) is 28.6 Å². The number of carbonyl (C=O) groups excluding carboxylic acids is 1. The number of anilines is 1. The van der Waals surface area contributed by atoms with E-state index in [1.54, 1.807) is 0 Å². The van der Waals surface area contributed by atoms with Crippen LogP contribution < -0.4 is 5.32 Å². The van der Waals surface area contributed by atoms with Gasteiger partial charge in [-0.15, -0.1) is 0 Å². The topological polar surface area (TPSA) is 46.2 Å². The predicted octanol–water partition coefficient (Wildman–Crippen LogP) is 5.94. The molecule has 4 aliphatic rings. The zero-order chi connectivity index (χ0) is 21.9. The molecule has 0 aliphatic heterocycles. The normalized spacial score (nSPS) is 29.7. The van der Waals surface area contributed by atoms with Crippen LogP contribution in [0.2, 0.25) is 5.02 Å². The van der Waals surface area contributed by atoms with Gasteiger partial charge in [0.05, 0.1) is 20.7 Å². The van der Waals surface area contributed by atoms with Crippen molar-refractivity contribution in [3.8, 4) is 0 Å². The molecule has 0 saturated heterocycles. The van der Waals surface area contributed by atoms with Crippen molar-refractivity contribution in [3.05, 3.63) is 58.4 Å². The van der Waals surface area contributed by atoms with Gasteiger partial charge in [-0.05, 0) is 74.0 Å². The molecule has 2 aromatic rings. The summed E-state index contributed by atoms with van der Waals surface area (Å²) < 4.78 is 53.6. The van der Waals surface area contributed by atoms with Crippen LogP contribution in [0.25, 0.3) is 0 Å². The molecule has 2 aromatic carbocycles. The average molecular weight is 468 g/mol. The summed E-state index contributed by atoms with van der Waals surface area (Å²) in [6.07, 6.45) is 5.75. The molecule has 164 valence electrons. The standard InChI is InChI=1S/C23H21ClF3NO2S/c24-17-2-1-13(23(29)28-16-9-18(25)21(27)19(26)10-16)8-20(17)31(30)22-14-4-11-3-12(6-14)7-15(22)5-11/h1-2,8-12,14-15,22H,3-7H2,(H,28,29).